The van der Waals surface area contributed by atoms with Crippen molar-refractivity contribution in [1.29, 1.82) is 5.26 Å². The van der Waals surface area contributed by atoms with Crippen LogP contribution in [0.3, 0.4) is 0 Å². The number of hydrogen-bond acceptors (Lipinski definition) is 5. The Labute approximate surface area is 185 Å². The number of thiophene rings is 1. The van der Waals surface area contributed by atoms with Gasteiger partial charge in [-0.15, -0.1) is 11.3 Å². The zero-order valence-corrected chi connectivity index (χ0v) is 18.6. The Hall–Kier alpha value is -3.17. The Morgan fingerprint density at radius 3 is 2.77 bits per heavy atom. The van der Waals surface area contributed by atoms with E-state index >= 15 is 0 Å². The summed E-state index contributed by atoms with van der Waals surface area (Å²) in [6.45, 7) is 6.83. The van der Waals surface area contributed by atoms with Crippen LogP contribution in [0.5, 0.6) is 0 Å². The Morgan fingerprint density at radius 2 is 2.06 bits per heavy atom. The molecule has 0 unspecified atom stereocenters. The third-order valence-corrected chi connectivity index (χ3v) is 7.10. The summed E-state index contributed by atoms with van der Waals surface area (Å²) in [5.41, 5.74) is 2.77. The fraction of sp³-hybridized carbons (Fsp3) is 0.320. The molecule has 2 aromatic heterocycles. The van der Waals surface area contributed by atoms with Gasteiger partial charge in [0.05, 0.1) is 17.3 Å². The van der Waals surface area contributed by atoms with Crippen molar-refractivity contribution in [2.75, 3.05) is 0 Å². The highest BCUT2D eigenvalue weighted by Crippen LogP contribution is 2.44. The predicted octanol–water partition coefficient (Wildman–Crippen LogP) is 6.48. The Bertz CT molecular complexity index is 1200. The Kier molecular flexibility index (Phi) is 5.55. The molecule has 0 amide bonds. The lowest BCUT2D eigenvalue weighted by atomic mass is 9.72. The first-order valence-corrected chi connectivity index (χ1v) is 11.1. The average molecular weight is 433 g/mol. The topological polar surface area (TPSA) is 86.6 Å². The maximum atomic E-state index is 11.5. The Morgan fingerprint density at radius 1 is 1.29 bits per heavy atom. The summed E-state index contributed by atoms with van der Waals surface area (Å²) in [7, 11) is 0. The molecule has 0 bridgehead atoms. The van der Waals surface area contributed by atoms with Gasteiger partial charge in [-0.2, -0.15) is 5.26 Å². The molecule has 0 saturated carbocycles. The van der Waals surface area contributed by atoms with Gasteiger partial charge >= 0.3 is 5.97 Å². The highest BCUT2D eigenvalue weighted by molar-refractivity contribution is 7.16. The van der Waals surface area contributed by atoms with Crippen molar-refractivity contribution in [1.82, 2.24) is 0 Å². The van der Waals surface area contributed by atoms with Crippen LogP contribution in [0.4, 0.5) is 5.00 Å². The summed E-state index contributed by atoms with van der Waals surface area (Å²) in [6, 6.07) is 12.6. The van der Waals surface area contributed by atoms with Gasteiger partial charge in [0.25, 0.3) is 0 Å². The summed E-state index contributed by atoms with van der Waals surface area (Å²) in [5.74, 6) is 0.582. The number of aromatic carboxylic acids is 1. The minimum atomic E-state index is -1.00. The molecule has 31 heavy (non-hydrogen) atoms. The van der Waals surface area contributed by atoms with Gasteiger partial charge in [-0.3, -0.25) is 0 Å². The molecule has 0 saturated heterocycles. The van der Waals surface area contributed by atoms with Crippen LogP contribution < -0.4 is 0 Å². The van der Waals surface area contributed by atoms with Gasteiger partial charge in [0.15, 0.2) is 0 Å². The number of nitriles is 1. The van der Waals surface area contributed by atoms with Crippen LogP contribution in [0, 0.1) is 22.7 Å². The van der Waals surface area contributed by atoms with E-state index in [9.17, 15) is 15.2 Å². The summed E-state index contributed by atoms with van der Waals surface area (Å²) in [5, 5.41) is 19.8. The van der Waals surface area contributed by atoms with E-state index in [2.05, 4.69) is 31.8 Å². The number of hydrogen-bond donors (Lipinski definition) is 1. The molecule has 1 aromatic carbocycles. The van der Waals surface area contributed by atoms with Crippen molar-refractivity contribution in [3.8, 4) is 17.4 Å². The third kappa shape index (κ3) is 4.19. The van der Waals surface area contributed by atoms with Gasteiger partial charge in [0.2, 0.25) is 0 Å². The van der Waals surface area contributed by atoms with E-state index in [4.69, 9.17) is 4.42 Å². The van der Waals surface area contributed by atoms with Crippen LogP contribution in [0.15, 0.2) is 45.8 Å². The molecule has 3 aromatic rings. The number of carboxylic acids is 1. The lowest BCUT2D eigenvalue weighted by molar-refractivity contribution is 0.0697. The van der Waals surface area contributed by atoms with Crippen LogP contribution in [0.1, 0.15) is 59.3 Å². The molecule has 158 valence electrons. The van der Waals surface area contributed by atoms with Gasteiger partial charge < -0.3 is 9.52 Å². The number of benzene rings is 1. The number of aliphatic imine (C=N–C) groups is 1. The van der Waals surface area contributed by atoms with Crippen LogP contribution in [-0.4, -0.2) is 17.3 Å². The van der Waals surface area contributed by atoms with Gasteiger partial charge in [0, 0.05) is 10.4 Å². The molecule has 1 N–H and O–H groups in total. The lowest BCUT2D eigenvalue weighted by Crippen LogP contribution is -2.26. The molecule has 1 atom stereocenters. The lowest BCUT2D eigenvalue weighted by Gasteiger charge is -2.33. The second-order valence-corrected chi connectivity index (χ2v) is 10.00. The first-order valence-electron chi connectivity index (χ1n) is 10.3. The molecule has 0 radical (unpaired) electrons. The van der Waals surface area contributed by atoms with E-state index in [0.29, 0.717) is 33.6 Å². The largest absolute Gasteiger partial charge is 0.478 e. The maximum absolute atomic E-state index is 11.5. The molecule has 1 aliphatic carbocycles. The van der Waals surface area contributed by atoms with E-state index in [-0.39, 0.29) is 11.0 Å². The number of rotatable bonds is 4. The SMILES string of the molecule is CC(C)(C)[C@@H]1CCc2c(sc(N=Cc3ccc(-c4ccccc4C(=O)O)o3)c2C#N)C1. The van der Waals surface area contributed by atoms with E-state index < -0.39 is 5.97 Å². The van der Waals surface area contributed by atoms with Gasteiger partial charge in [-0.25, -0.2) is 9.79 Å². The summed E-state index contributed by atoms with van der Waals surface area (Å²) in [4.78, 5) is 17.3. The number of carboxylic acid groups (broad SMARTS) is 1. The fourth-order valence-corrected chi connectivity index (χ4v) is 5.31. The van der Waals surface area contributed by atoms with E-state index in [1.54, 1.807) is 53.9 Å². The monoisotopic (exact) mass is 432 g/mol. The number of fused-ring (bicyclic) bond motifs is 1. The molecular weight excluding hydrogens is 408 g/mol. The van der Waals surface area contributed by atoms with Crippen molar-refractivity contribution >= 4 is 28.5 Å². The van der Waals surface area contributed by atoms with Crippen LogP contribution in [-0.2, 0) is 12.8 Å². The van der Waals surface area contributed by atoms with Crippen LogP contribution in [0.2, 0.25) is 0 Å². The second kappa shape index (κ2) is 8.16. The van der Waals surface area contributed by atoms with Crippen molar-refractivity contribution in [2.24, 2.45) is 16.3 Å². The minimum absolute atomic E-state index is 0.187. The molecule has 0 fully saturated rings. The predicted molar refractivity (Wildman–Crippen MR) is 122 cm³/mol. The van der Waals surface area contributed by atoms with Crippen molar-refractivity contribution < 1.29 is 14.3 Å². The molecule has 0 aliphatic heterocycles. The zero-order chi connectivity index (χ0) is 22.2. The highest BCUT2D eigenvalue weighted by atomic mass is 32.1. The minimum Gasteiger partial charge on any atom is -0.478 e. The first-order chi connectivity index (χ1) is 14.8. The summed E-state index contributed by atoms with van der Waals surface area (Å²) < 4.78 is 5.83. The normalized spacial score (nSPS) is 16.3. The summed E-state index contributed by atoms with van der Waals surface area (Å²) >= 11 is 1.60. The second-order valence-electron chi connectivity index (χ2n) is 8.91. The molecule has 1 aliphatic rings. The molecule has 0 spiro atoms. The molecule has 2 heterocycles. The molecule has 4 rings (SSSR count). The summed E-state index contributed by atoms with van der Waals surface area (Å²) in [6.07, 6.45) is 4.61. The smallest absolute Gasteiger partial charge is 0.336 e. The van der Waals surface area contributed by atoms with E-state index in [1.807, 2.05) is 0 Å². The Balaban J connectivity index is 1.61. The van der Waals surface area contributed by atoms with Crippen LogP contribution in [0.25, 0.3) is 11.3 Å². The molecular formula is C25H24N2O3S. The quantitative estimate of drug-likeness (QED) is 0.478. The van der Waals surface area contributed by atoms with Gasteiger partial charge in [0.1, 0.15) is 22.6 Å². The molecule has 5 nitrogen and oxygen atoms in total. The third-order valence-electron chi connectivity index (χ3n) is 5.94. The zero-order valence-electron chi connectivity index (χ0n) is 17.8. The van der Waals surface area contributed by atoms with E-state index in [1.165, 1.54) is 4.88 Å². The van der Waals surface area contributed by atoms with Crippen molar-refractivity contribution in [2.45, 2.75) is 40.0 Å². The fourth-order valence-electron chi connectivity index (χ4n) is 4.09. The van der Waals surface area contributed by atoms with Crippen molar-refractivity contribution in [3.05, 3.63) is 63.7 Å². The van der Waals surface area contributed by atoms with Crippen molar-refractivity contribution in [3.63, 3.8) is 0 Å². The number of nitrogens with zero attached hydrogens (tertiary/aromatic N) is 2. The maximum Gasteiger partial charge on any atom is 0.336 e. The number of furan rings is 1. The van der Waals surface area contributed by atoms with Gasteiger partial charge in [-0.1, -0.05) is 39.0 Å². The average Bonchev–Trinajstić information content (AvgIpc) is 3.35. The highest BCUT2D eigenvalue weighted by Gasteiger charge is 2.32. The molecule has 6 heteroatoms. The first kappa shape index (κ1) is 21.1. The van der Waals surface area contributed by atoms with E-state index in [0.717, 1.165) is 24.8 Å². The van der Waals surface area contributed by atoms with Crippen LogP contribution >= 0.6 is 11.3 Å². The number of carbonyl (C=O) groups is 1. The standard InChI is InChI=1S/C25H24N2O3S/c1-25(2,3)15-8-10-18-20(13-26)23(31-22(18)12-15)27-14-16-9-11-21(30-16)17-6-4-5-7-19(17)24(28)29/h4-7,9,11,14-15H,8,10,12H2,1-3H3,(H,28,29)/t15-/m1/s1. The van der Waals surface area contributed by atoms with Gasteiger partial charge in [-0.05, 0) is 54.4 Å².